The van der Waals surface area contributed by atoms with Crippen molar-refractivity contribution >= 4 is 45.8 Å². The fourth-order valence-electron chi connectivity index (χ4n) is 3.67. The number of nitrogens with one attached hydrogen (secondary N) is 1. The quantitative estimate of drug-likeness (QED) is 0.440. The SMILES string of the molecule is C#CCN1C(=O)S/C(=C\c2cn(CC(=O)NCc3ccco3)c3c(CC)cccc23)C1=O. The van der Waals surface area contributed by atoms with Gasteiger partial charge in [0, 0.05) is 17.1 Å². The van der Waals surface area contributed by atoms with E-state index in [1.165, 1.54) is 0 Å². The Balaban J connectivity index is 1.66. The Bertz CT molecular complexity index is 1260. The summed E-state index contributed by atoms with van der Waals surface area (Å²) in [6.07, 6.45) is 11.2. The Labute approximate surface area is 189 Å². The van der Waals surface area contributed by atoms with E-state index >= 15 is 0 Å². The third kappa shape index (κ3) is 4.20. The molecule has 0 unspecified atom stereocenters. The van der Waals surface area contributed by atoms with Gasteiger partial charge in [0.15, 0.2) is 0 Å². The zero-order chi connectivity index (χ0) is 22.7. The van der Waals surface area contributed by atoms with E-state index in [9.17, 15) is 14.4 Å². The van der Waals surface area contributed by atoms with E-state index < -0.39 is 5.91 Å². The van der Waals surface area contributed by atoms with Crippen molar-refractivity contribution in [2.45, 2.75) is 26.4 Å². The normalized spacial score (nSPS) is 15.0. The lowest BCUT2D eigenvalue weighted by molar-refractivity contribution is -0.122. The summed E-state index contributed by atoms with van der Waals surface area (Å²) < 4.78 is 7.13. The predicted molar refractivity (Wildman–Crippen MR) is 123 cm³/mol. The Morgan fingerprint density at radius 1 is 1.28 bits per heavy atom. The summed E-state index contributed by atoms with van der Waals surface area (Å²) in [6.45, 7) is 2.41. The molecule has 1 saturated heterocycles. The third-order valence-corrected chi connectivity index (χ3v) is 6.06. The zero-order valence-corrected chi connectivity index (χ0v) is 18.3. The molecule has 1 aromatic carbocycles. The number of nitrogens with zero attached hydrogens (tertiary/aromatic N) is 2. The summed E-state index contributed by atoms with van der Waals surface area (Å²) in [5, 5.41) is 3.38. The lowest BCUT2D eigenvalue weighted by Crippen LogP contribution is -2.28. The number of terminal acetylenes is 1. The van der Waals surface area contributed by atoms with E-state index in [1.54, 1.807) is 24.5 Å². The molecule has 0 radical (unpaired) electrons. The maximum absolute atomic E-state index is 12.6. The van der Waals surface area contributed by atoms with Crippen LogP contribution in [0.3, 0.4) is 0 Å². The smallest absolute Gasteiger partial charge is 0.294 e. The number of fused-ring (bicyclic) bond motifs is 1. The van der Waals surface area contributed by atoms with Gasteiger partial charge in [0.25, 0.3) is 11.1 Å². The minimum Gasteiger partial charge on any atom is -0.467 e. The van der Waals surface area contributed by atoms with Crippen LogP contribution in [0.5, 0.6) is 0 Å². The molecule has 1 aliphatic rings. The van der Waals surface area contributed by atoms with Crippen LogP contribution in [0, 0.1) is 12.3 Å². The number of aryl methyl sites for hydroxylation is 1. The fourth-order valence-corrected chi connectivity index (χ4v) is 4.50. The van der Waals surface area contributed by atoms with Crippen molar-refractivity contribution in [2.75, 3.05) is 6.54 Å². The molecule has 1 fully saturated rings. The van der Waals surface area contributed by atoms with Crippen molar-refractivity contribution in [3.05, 3.63) is 64.6 Å². The average molecular weight is 448 g/mol. The first-order valence-electron chi connectivity index (χ1n) is 10.1. The number of benzene rings is 1. The van der Waals surface area contributed by atoms with Crippen LogP contribution in [-0.4, -0.2) is 33.1 Å². The average Bonchev–Trinajstić information content (AvgIpc) is 3.49. The Morgan fingerprint density at radius 2 is 2.12 bits per heavy atom. The number of furan rings is 1. The second kappa shape index (κ2) is 9.20. The second-order valence-corrected chi connectivity index (χ2v) is 8.20. The Kier molecular flexibility index (Phi) is 6.19. The van der Waals surface area contributed by atoms with Gasteiger partial charge < -0.3 is 14.3 Å². The van der Waals surface area contributed by atoms with Gasteiger partial charge in [0.05, 0.1) is 29.8 Å². The number of imide groups is 1. The molecule has 3 amide bonds. The number of aromatic nitrogens is 1. The van der Waals surface area contributed by atoms with Crippen LogP contribution in [0.1, 0.15) is 23.8 Å². The number of hydrogen-bond donors (Lipinski definition) is 1. The van der Waals surface area contributed by atoms with E-state index in [-0.39, 0.29) is 24.2 Å². The first-order valence-corrected chi connectivity index (χ1v) is 10.9. The van der Waals surface area contributed by atoms with Gasteiger partial charge in [-0.05, 0) is 42.0 Å². The highest BCUT2D eigenvalue weighted by molar-refractivity contribution is 8.18. The monoisotopic (exact) mass is 447 g/mol. The highest BCUT2D eigenvalue weighted by Gasteiger charge is 2.34. The van der Waals surface area contributed by atoms with Crippen molar-refractivity contribution in [1.82, 2.24) is 14.8 Å². The van der Waals surface area contributed by atoms with Gasteiger partial charge in [-0.3, -0.25) is 19.3 Å². The molecule has 0 aliphatic carbocycles. The van der Waals surface area contributed by atoms with Gasteiger partial charge in [-0.1, -0.05) is 31.0 Å². The molecule has 1 aliphatic heterocycles. The molecule has 4 rings (SSSR count). The molecular weight excluding hydrogens is 426 g/mol. The number of rotatable bonds is 7. The molecule has 8 heteroatoms. The lowest BCUT2D eigenvalue weighted by Gasteiger charge is -2.09. The summed E-state index contributed by atoms with van der Waals surface area (Å²) in [5.41, 5.74) is 2.78. The number of hydrogen-bond acceptors (Lipinski definition) is 5. The van der Waals surface area contributed by atoms with Crippen LogP contribution >= 0.6 is 11.8 Å². The Morgan fingerprint density at radius 3 is 2.84 bits per heavy atom. The van der Waals surface area contributed by atoms with Crippen LogP contribution in [0.4, 0.5) is 4.79 Å². The molecule has 32 heavy (non-hydrogen) atoms. The molecule has 0 spiro atoms. The summed E-state index contributed by atoms with van der Waals surface area (Å²) in [6, 6.07) is 9.48. The summed E-state index contributed by atoms with van der Waals surface area (Å²) in [5.74, 6) is 2.45. The van der Waals surface area contributed by atoms with Crippen molar-refractivity contribution in [1.29, 1.82) is 0 Å². The van der Waals surface area contributed by atoms with Gasteiger partial charge >= 0.3 is 0 Å². The minimum absolute atomic E-state index is 0.0560. The number of thioether (sulfide) groups is 1. The zero-order valence-electron chi connectivity index (χ0n) is 17.5. The highest BCUT2D eigenvalue weighted by atomic mass is 32.2. The Hall–Kier alpha value is -3.70. The maximum Gasteiger partial charge on any atom is 0.294 e. The van der Waals surface area contributed by atoms with Crippen molar-refractivity contribution < 1.29 is 18.8 Å². The molecule has 0 saturated carbocycles. The van der Waals surface area contributed by atoms with Gasteiger partial charge in [-0.15, -0.1) is 6.42 Å². The van der Waals surface area contributed by atoms with Gasteiger partial charge in [0.2, 0.25) is 5.91 Å². The van der Waals surface area contributed by atoms with E-state index in [0.29, 0.717) is 17.2 Å². The molecule has 3 aromatic rings. The van der Waals surface area contributed by atoms with Crippen molar-refractivity contribution in [3.8, 4) is 12.3 Å². The molecule has 7 nitrogen and oxygen atoms in total. The van der Waals surface area contributed by atoms with Gasteiger partial charge in [-0.25, -0.2) is 0 Å². The summed E-state index contributed by atoms with van der Waals surface area (Å²) in [4.78, 5) is 38.7. The summed E-state index contributed by atoms with van der Waals surface area (Å²) in [7, 11) is 0. The van der Waals surface area contributed by atoms with Crippen LogP contribution in [-0.2, 0) is 29.1 Å². The van der Waals surface area contributed by atoms with Crippen LogP contribution in [0.25, 0.3) is 17.0 Å². The second-order valence-electron chi connectivity index (χ2n) is 7.21. The van der Waals surface area contributed by atoms with Gasteiger partial charge in [0.1, 0.15) is 12.3 Å². The molecule has 162 valence electrons. The number of carbonyl (C=O) groups excluding carboxylic acids is 3. The van der Waals surface area contributed by atoms with Gasteiger partial charge in [-0.2, -0.15) is 0 Å². The van der Waals surface area contributed by atoms with Crippen LogP contribution in [0.15, 0.2) is 52.1 Å². The largest absolute Gasteiger partial charge is 0.467 e. The predicted octanol–water partition coefficient (Wildman–Crippen LogP) is 3.78. The van der Waals surface area contributed by atoms with E-state index in [4.69, 9.17) is 10.8 Å². The maximum atomic E-state index is 12.6. The molecule has 0 atom stereocenters. The van der Waals surface area contributed by atoms with E-state index in [1.807, 2.05) is 35.9 Å². The van der Waals surface area contributed by atoms with Crippen LogP contribution in [0.2, 0.25) is 0 Å². The lowest BCUT2D eigenvalue weighted by atomic mass is 10.1. The van der Waals surface area contributed by atoms with Crippen molar-refractivity contribution in [3.63, 3.8) is 0 Å². The summed E-state index contributed by atoms with van der Waals surface area (Å²) >= 11 is 0.869. The minimum atomic E-state index is -0.401. The van der Waals surface area contributed by atoms with E-state index in [0.717, 1.165) is 45.1 Å². The number of para-hydroxylation sites is 1. The first-order chi connectivity index (χ1) is 15.5. The van der Waals surface area contributed by atoms with Crippen molar-refractivity contribution in [2.24, 2.45) is 0 Å². The molecule has 2 aromatic heterocycles. The molecule has 1 N–H and O–H groups in total. The van der Waals surface area contributed by atoms with E-state index in [2.05, 4.69) is 11.2 Å². The third-order valence-electron chi connectivity index (χ3n) is 5.16. The topological polar surface area (TPSA) is 84.6 Å². The highest BCUT2D eigenvalue weighted by Crippen LogP contribution is 2.34. The van der Waals surface area contributed by atoms with Crippen LogP contribution < -0.4 is 5.32 Å². The molecule has 0 bridgehead atoms. The standard InChI is InChI=1S/C24H21N3O4S/c1-3-10-27-23(29)20(32-24(27)30)12-17-14-26(22-16(4-2)7-5-9-19(17)22)15-21(28)25-13-18-8-6-11-31-18/h1,5-9,11-12,14H,4,10,13,15H2,2H3,(H,25,28)/b20-12-. The molecule has 3 heterocycles. The number of carbonyl (C=O) groups is 3. The first kappa shape index (κ1) is 21.5. The number of amides is 3. The fraction of sp³-hybridized carbons (Fsp3) is 0.208. The molecular formula is C24H21N3O4S.